The Labute approximate surface area is 237 Å². The molecule has 2 fully saturated rings. The number of nitrogens with zero attached hydrogens (tertiary/aromatic N) is 3. The van der Waals surface area contributed by atoms with Crippen molar-refractivity contribution in [3.05, 3.63) is 66.0 Å². The Morgan fingerprint density at radius 1 is 1.05 bits per heavy atom. The van der Waals surface area contributed by atoms with E-state index in [-0.39, 0.29) is 24.5 Å². The lowest BCUT2D eigenvalue weighted by Crippen LogP contribution is -2.41. The van der Waals surface area contributed by atoms with Crippen LogP contribution in [0.4, 0.5) is 10.1 Å². The molecular formula is C33H42FN3O3. The van der Waals surface area contributed by atoms with Gasteiger partial charge in [-0.2, -0.15) is 5.10 Å². The van der Waals surface area contributed by atoms with Gasteiger partial charge in [-0.1, -0.05) is 24.3 Å². The summed E-state index contributed by atoms with van der Waals surface area (Å²) in [5.41, 5.74) is 5.34. The molecule has 2 aliphatic carbocycles. The second-order valence-electron chi connectivity index (χ2n) is 11.6. The van der Waals surface area contributed by atoms with E-state index < -0.39 is 6.67 Å². The molecule has 1 heterocycles. The van der Waals surface area contributed by atoms with E-state index in [0.29, 0.717) is 31.2 Å². The maximum Gasteiger partial charge on any atom is 0.230 e. The maximum absolute atomic E-state index is 14.0. The van der Waals surface area contributed by atoms with Crippen LogP contribution >= 0.6 is 0 Å². The molecule has 0 unspecified atom stereocenters. The minimum atomic E-state index is -0.458. The highest BCUT2D eigenvalue weighted by Crippen LogP contribution is 2.39. The number of ether oxygens (including phenoxy) is 1. The van der Waals surface area contributed by atoms with Crippen molar-refractivity contribution in [2.24, 2.45) is 11.8 Å². The van der Waals surface area contributed by atoms with Gasteiger partial charge in [0.2, 0.25) is 5.91 Å². The molecule has 1 N–H and O–H groups in total. The zero-order chi connectivity index (χ0) is 28.1. The number of carbonyl (C=O) groups excluding carboxylic acids is 1. The standard InChI is InChI=1S/C33H42FN3O3/c1-23-18-28(12-15-32(23)40-2)25-8-6-24(7-9-25)21-37(33(39)26-10-13-31(38)14-11-26)30-5-3-4-27(19-30)29-20-35-36(22-29)17-16-34/h3-5,12,15,18-20,22,24-26,31,38H,6-11,13-14,16-17,21H2,1-2H3/t24-,25-,26-,31-. The first-order chi connectivity index (χ1) is 19.4. The summed E-state index contributed by atoms with van der Waals surface area (Å²) < 4.78 is 19.9. The number of aliphatic hydroxyl groups is 1. The maximum atomic E-state index is 14.0. The topological polar surface area (TPSA) is 67.6 Å². The number of aryl methyl sites for hydroxylation is 2. The molecule has 214 valence electrons. The Kier molecular flexibility index (Phi) is 9.20. The van der Waals surface area contributed by atoms with Gasteiger partial charge in [0, 0.05) is 29.9 Å². The molecule has 40 heavy (non-hydrogen) atoms. The van der Waals surface area contributed by atoms with Crippen LogP contribution in [-0.2, 0) is 11.3 Å². The quantitative estimate of drug-likeness (QED) is 0.324. The third-order valence-electron chi connectivity index (χ3n) is 8.93. The van der Waals surface area contributed by atoms with Crippen molar-refractivity contribution in [2.45, 2.75) is 76.9 Å². The largest absolute Gasteiger partial charge is 0.496 e. The van der Waals surface area contributed by atoms with E-state index in [1.807, 2.05) is 29.3 Å². The van der Waals surface area contributed by atoms with Crippen LogP contribution in [0.1, 0.15) is 68.4 Å². The Morgan fingerprint density at radius 3 is 2.52 bits per heavy atom. The molecule has 7 heteroatoms. The first-order valence-electron chi connectivity index (χ1n) is 14.8. The molecule has 0 bridgehead atoms. The van der Waals surface area contributed by atoms with Crippen molar-refractivity contribution in [1.82, 2.24) is 9.78 Å². The number of methoxy groups -OCH3 is 1. The van der Waals surface area contributed by atoms with Crippen LogP contribution < -0.4 is 9.64 Å². The molecule has 1 amide bonds. The number of rotatable bonds is 9. The summed E-state index contributed by atoms with van der Waals surface area (Å²) in [5.74, 6) is 2.01. The summed E-state index contributed by atoms with van der Waals surface area (Å²) in [6, 6.07) is 14.6. The highest BCUT2D eigenvalue weighted by atomic mass is 19.1. The van der Waals surface area contributed by atoms with Crippen LogP contribution in [0.3, 0.4) is 0 Å². The van der Waals surface area contributed by atoms with Crippen LogP contribution in [0.25, 0.3) is 11.1 Å². The number of alkyl halides is 1. The van der Waals surface area contributed by atoms with E-state index in [1.54, 1.807) is 18.0 Å². The minimum absolute atomic E-state index is 0.0574. The fraction of sp³-hybridized carbons (Fsp3) is 0.515. The van der Waals surface area contributed by atoms with Crippen molar-refractivity contribution in [3.63, 3.8) is 0 Å². The van der Waals surface area contributed by atoms with E-state index in [0.717, 1.165) is 61.1 Å². The fourth-order valence-electron chi connectivity index (χ4n) is 6.53. The molecule has 3 aromatic rings. The van der Waals surface area contributed by atoms with Gasteiger partial charge in [-0.25, -0.2) is 4.39 Å². The predicted octanol–water partition coefficient (Wildman–Crippen LogP) is 6.69. The van der Waals surface area contributed by atoms with Crippen molar-refractivity contribution in [1.29, 1.82) is 0 Å². The molecule has 6 nitrogen and oxygen atoms in total. The third kappa shape index (κ3) is 6.57. The first-order valence-corrected chi connectivity index (χ1v) is 14.8. The Morgan fingerprint density at radius 2 is 1.82 bits per heavy atom. The SMILES string of the molecule is COc1ccc([C@H]2CC[C@H](CN(c3cccc(-c4cnn(CCF)c4)c3)C(=O)[C@H]3CC[C@H](O)CC3)CC2)cc1C. The minimum Gasteiger partial charge on any atom is -0.496 e. The molecule has 5 rings (SSSR count). The third-order valence-corrected chi connectivity index (χ3v) is 8.93. The van der Waals surface area contributed by atoms with Crippen LogP contribution in [0.2, 0.25) is 0 Å². The van der Waals surface area contributed by atoms with Crippen LogP contribution in [-0.4, -0.2) is 47.2 Å². The average Bonchev–Trinajstić information content (AvgIpc) is 3.45. The monoisotopic (exact) mass is 547 g/mol. The van der Waals surface area contributed by atoms with E-state index in [2.05, 4.69) is 36.3 Å². The lowest BCUT2D eigenvalue weighted by atomic mass is 9.78. The Hall–Kier alpha value is -3.19. The van der Waals surface area contributed by atoms with Crippen molar-refractivity contribution >= 4 is 11.6 Å². The summed E-state index contributed by atoms with van der Waals surface area (Å²) in [6.07, 6.45) is 10.5. The number of aliphatic hydroxyl groups excluding tert-OH is 1. The van der Waals surface area contributed by atoms with Crippen LogP contribution in [0, 0.1) is 18.8 Å². The molecule has 0 aliphatic heterocycles. The number of aromatic nitrogens is 2. The summed E-state index contributed by atoms with van der Waals surface area (Å²) in [5, 5.41) is 14.3. The van der Waals surface area contributed by atoms with Gasteiger partial charge in [0.1, 0.15) is 12.4 Å². The number of halogens is 1. The van der Waals surface area contributed by atoms with Gasteiger partial charge in [-0.3, -0.25) is 9.48 Å². The van der Waals surface area contributed by atoms with Gasteiger partial charge in [0.25, 0.3) is 0 Å². The molecule has 0 radical (unpaired) electrons. The molecule has 0 spiro atoms. The second kappa shape index (κ2) is 13.0. The van der Waals surface area contributed by atoms with E-state index in [1.165, 1.54) is 11.1 Å². The van der Waals surface area contributed by atoms with Crippen LogP contribution in [0.5, 0.6) is 5.75 Å². The normalized spacial score (nSPS) is 23.1. The fourth-order valence-corrected chi connectivity index (χ4v) is 6.53. The smallest absolute Gasteiger partial charge is 0.230 e. The molecule has 2 aliphatic rings. The summed E-state index contributed by atoms with van der Waals surface area (Å²) >= 11 is 0. The summed E-state index contributed by atoms with van der Waals surface area (Å²) in [4.78, 5) is 16.0. The molecule has 2 aromatic carbocycles. The second-order valence-corrected chi connectivity index (χ2v) is 11.6. The molecule has 0 atom stereocenters. The van der Waals surface area contributed by atoms with Gasteiger partial charge in [-0.15, -0.1) is 0 Å². The van der Waals surface area contributed by atoms with Gasteiger partial charge in [0.15, 0.2) is 0 Å². The van der Waals surface area contributed by atoms with Crippen molar-refractivity contribution in [2.75, 3.05) is 25.2 Å². The van der Waals surface area contributed by atoms with Crippen LogP contribution in [0.15, 0.2) is 54.9 Å². The van der Waals surface area contributed by atoms with Gasteiger partial charge >= 0.3 is 0 Å². The lowest BCUT2D eigenvalue weighted by molar-refractivity contribution is -0.124. The lowest BCUT2D eigenvalue weighted by Gasteiger charge is -2.36. The highest BCUT2D eigenvalue weighted by Gasteiger charge is 2.32. The summed E-state index contributed by atoms with van der Waals surface area (Å²) in [7, 11) is 1.71. The number of carbonyl (C=O) groups is 1. The number of benzene rings is 2. The predicted molar refractivity (Wildman–Crippen MR) is 156 cm³/mol. The number of hydrogen-bond donors (Lipinski definition) is 1. The number of amides is 1. The van der Waals surface area contributed by atoms with Crippen molar-refractivity contribution in [3.8, 4) is 16.9 Å². The van der Waals surface area contributed by atoms with E-state index in [4.69, 9.17) is 4.74 Å². The molecule has 0 saturated heterocycles. The van der Waals surface area contributed by atoms with Crippen molar-refractivity contribution < 1.29 is 19.0 Å². The van der Waals surface area contributed by atoms with Gasteiger partial charge in [-0.05, 0) is 105 Å². The van der Waals surface area contributed by atoms with Gasteiger partial charge in [0.05, 0.1) is 26.0 Å². The first kappa shape index (κ1) is 28.3. The molecule has 2 saturated carbocycles. The summed E-state index contributed by atoms with van der Waals surface area (Å²) in [6.45, 7) is 2.58. The zero-order valence-corrected chi connectivity index (χ0v) is 23.8. The van der Waals surface area contributed by atoms with E-state index >= 15 is 0 Å². The number of anilines is 1. The zero-order valence-electron chi connectivity index (χ0n) is 23.8. The molecule has 1 aromatic heterocycles. The average molecular weight is 548 g/mol. The van der Waals surface area contributed by atoms with Gasteiger partial charge < -0.3 is 14.7 Å². The highest BCUT2D eigenvalue weighted by molar-refractivity contribution is 5.95. The number of hydrogen-bond acceptors (Lipinski definition) is 4. The van der Waals surface area contributed by atoms with E-state index in [9.17, 15) is 14.3 Å². The Balaban J connectivity index is 1.33. The molecular weight excluding hydrogens is 505 g/mol. The Bertz CT molecular complexity index is 1280.